The minimum absolute atomic E-state index is 0.151. The van der Waals surface area contributed by atoms with Crippen molar-refractivity contribution in [1.82, 2.24) is 0 Å². The number of aliphatic hydroxyl groups is 1. The topological polar surface area (TPSA) is 86.7 Å². The molecule has 0 amide bonds. The van der Waals surface area contributed by atoms with Crippen LogP contribution in [0.2, 0.25) is 0 Å². The third kappa shape index (κ3) is 2.35. The lowest BCUT2D eigenvalue weighted by molar-refractivity contribution is 0.0358. The van der Waals surface area contributed by atoms with Gasteiger partial charge in [0.1, 0.15) is 0 Å². The molecule has 0 aromatic heterocycles. The summed E-state index contributed by atoms with van der Waals surface area (Å²) >= 11 is 4.59. The monoisotopic (exact) mass is 239 g/mol. The van der Waals surface area contributed by atoms with E-state index >= 15 is 0 Å². The molecule has 4 nitrogen and oxygen atoms in total. The fourth-order valence-corrected chi connectivity index (χ4v) is 3.73. The average molecular weight is 239 g/mol. The van der Waals surface area contributed by atoms with Crippen molar-refractivity contribution in [2.45, 2.75) is 37.4 Å². The van der Waals surface area contributed by atoms with Crippen LogP contribution < -0.4 is 5.73 Å². The Labute approximate surface area is 89.3 Å². The van der Waals surface area contributed by atoms with Crippen molar-refractivity contribution in [1.29, 1.82) is 0 Å². The molecule has 1 fully saturated rings. The minimum atomic E-state index is -3.69. The van der Waals surface area contributed by atoms with Crippen LogP contribution in [0, 0.1) is 5.92 Å². The Kier molecular flexibility index (Phi) is 4.09. The summed E-state index contributed by atoms with van der Waals surface area (Å²) in [4.78, 5) is 18.9. The van der Waals surface area contributed by atoms with Gasteiger partial charge in [-0.3, -0.25) is 0 Å². The van der Waals surface area contributed by atoms with E-state index in [2.05, 4.69) is 11.8 Å². The first-order chi connectivity index (χ1) is 6.42. The molecule has 0 aliphatic heterocycles. The van der Waals surface area contributed by atoms with Gasteiger partial charge >= 0.3 is 0 Å². The van der Waals surface area contributed by atoms with Gasteiger partial charge in [-0.05, 0) is 30.6 Å². The molecule has 1 rings (SSSR count). The van der Waals surface area contributed by atoms with E-state index in [0.717, 1.165) is 32.1 Å². The summed E-state index contributed by atoms with van der Waals surface area (Å²) in [7, 11) is 0. The van der Waals surface area contributed by atoms with Crippen molar-refractivity contribution in [2.24, 2.45) is 11.7 Å². The third-order valence-electron chi connectivity index (χ3n) is 3.06. The van der Waals surface area contributed by atoms with Crippen LogP contribution in [0.25, 0.3) is 0 Å². The normalized spacial score (nSPS) is 24.6. The first-order valence-corrected chi connectivity index (χ1v) is 7.60. The second-order valence-electron chi connectivity index (χ2n) is 3.96. The average Bonchev–Trinajstić information content (AvgIpc) is 2.16. The minimum Gasteiger partial charge on any atom is -0.378 e. The Bertz CT molecular complexity index is 239. The first-order valence-electron chi connectivity index (χ1n) is 4.90. The molecular formula is C8H18NO3PS. The third-order valence-corrected chi connectivity index (χ3v) is 5.57. The highest BCUT2D eigenvalue weighted by atomic mass is 32.5. The van der Waals surface area contributed by atoms with Crippen molar-refractivity contribution in [3.05, 3.63) is 0 Å². The lowest BCUT2D eigenvalue weighted by Gasteiger charge is -2.39. The Morgan fingerprint density at radius 2 is 1.79 bits per heavy atom. The summed E-state index contributed by atoms with van der Waals surface area (Å²) in [5.41, 5.74) is 5.42. The van der Waals surface area contributed by atoms with Crippen LogP contribution in [0.3, 0.4) is 0 Å². The quantitative estimate of drug-likeness (QED) is 0.539. The van der Waals surface area contributed by atoms with E-state index in [1.165, 1.54) is 0 Å². The fraction of sp³-hybridized carbons (Fsp3) is 1.00. The molecule has 84 valence electrons. The molecule has 0 heterocycles. The Morgan fingerprint density at radius 3 is 2.14 bits per heavy atom. The SMILES string of the molecule is NCC(O)(C1CCCCC1)P(O)(O)=S. The van der Waals surface area contributed by atoms with Crippen molar-refractivity contribution in [3.8, 4) is 0 Å². The van der Waals surface area contributed by atoms with Gasteiger partial charge in [0.15, 0.2) is 5.34 Å². The van der Waals surface area contributed by atoms with Crippen molar-refractivity contribution < 1.29 is 14.9 Å². The van der Waals surface area contributed by atoms with Crippen LogP contribution >= 0.6 is 6.49 Å². The van der Waals surface area contributed by atoms with Crippen LogP contribution in [0.15, 0.2) is 0 Å². The molecule has 0 aromatic rings. The molecule has 0 bridgehead atoms. The standard InChI is InChI=1S/C8H18NO3PS/c9-6-8(10,13(11,12)14)7-4-2-1-3-5-7/h7,10H,1-6,9H2,(H2,11,12,14). The summed E-state index contributed by atoms with van der Waals surface area (Å²) in [6.07, 6.45) is 4.71. The smallest absolute Gasteiger partial charge is 0.216 e. The first kappa shape index (κ1) is 12.6. The van der Waals surface area contributed by atoms with Gasteiger partial charge in [-0.1, -0.05) is 19.3 Å². The molecule has 0 aromatic carbocycles. The zero-order chi connectivity index (χ0) is 10.8. The number of hydrogen-bond donors (Lipinski definition) is 4. The molecule has 1 unspecified atom stereocenters. The molecule has 1 aliphatic carbocycles. The molecule has 5 N–H and O–H groups in total. The molecule has 1 aliphatic rings. The molecule has 6 heteroatoms. The fourth-order valence-electron chi connectivity index (χ4n) is 2.09. The molecule has 0 saturated heterocycles. The molecule has 0 radical (unpaired) electrons. The second kappa shape index (κ2) is 4.56. The van der Waals surface area contributed by atoms with E-state index in [1.54, 1.807) is 0 Å². The van der Waals surface area contributed by atoms with Gasteiger partial charge in [-0.2, -0.15) is 0 Å². The van der Waals surface area contributed by atoms with Crippen LogP contribution in [0.4, 0.5) is 0 Å². The lowest BCUT2D eigenvalue weighted by atomic mass is 9.85. The highest BCUT2D eigenvalue weighted by molar-refractivity contribution is 8.09. The molecule has 0 spiro atoms. The molecule has 14 heavy (non-hydrogen) atoms. The molecule has 1 atom stereocenters. The van der Waals surface area contributed by atoms with E-state index in [4.69, 9.17) is 5.73 Å². The van der Waals surface area contributed by atoms with Crippen molar-refractivity contribution in [2.75, 3.05) is 6.54 Å². The molecular weight excluding hydrogens is 221 g/mol. The van der Waals surface area contributed by atoms with Crippen LogP contribution in [0.5, 0.6) is 0 Å². The van der Waals surface area contributed by atoms with Gasteiger partial charge in [0.05, 0.1) is 0 Å². The Morgan fingerprint density at radius 1 is 1.29 bits per heavy atom. The highest BCUT2D eigenvalue weighted by Crippen LogP contribution is 2.55. The highest BCUT2D eigenvalue weighted by Gasteiger charge is 2.46. The summed E-state index contributed by atoms with van der Waals surface area (Å²) in [5, 5.41) is 8.47. The maximum absolute atomic E-state index is 10.1. The number of hydrogen-bond acceptors (Lipinski definition) is 3. The Hall–Kier alpha value is 0.490. The summed E-state index contributed by atoms with van der Waals surface area (Å²) in [6.45, 7) is -3.86. The van der Waals surface area contributed by atoms with Gasteiger partial charge in [0, 0.05) is 6.54 Å². The number of nitrogens with two attached hydrogens (primary N) is 1. The Balaban J connectivity index is 2.82. The second-order valence-corrected chi connectivity index (χ2v) is 7.35. The van der Waals surface area contributed by atoms with E-state index in [9.17, 15) is 14.9 Å². The molecule has 1 saturated carbocycles. The van der Waals surface area contributed by atoms with Crippen LogP contribution in [-0.4, -0.2) is 26.8 Å². The van der Waals surface area contributed by atoms with Crippen LogP contribution in [-0.2, 0) is 11.8 Å². The van der Waals surface area contributed by atoms with Crippen molar-refractivity contribution in [3.63, 3.8) is 0 Å². The maximum Gasteiger partial charge on any atom is 0.216 e. The predicted molar refractivity (Wildman–Crippen MR) is 59.3 cm³/mol. The van der Waals surface area contributed by atoms with Gasteiger partial charge < -0.3 is 20.6 Å². The summed E-state index contributed by atoms with van der Waals surface area (Å²) in [5.74, 6) is -0.151. The lowest BCUT2D eigenvalue weighted by Crippen LogP contribution is -2.45. The van der Waals surface area contributed by atoms with Gasteiger partial charge in [-0.15, -0.1) is 0 Å². The maximum atomic E-state index is 10.1. The zero-order valence-electron chi connectivity index (χ0n) is 8.09. The largest absolute Gasteiger partial charge is 0.378 e. The predicted octanol–water partition coefficient (Wildman–Crippen LogP) is 0.508. The number of rotatable bonds is 3. The van der Waals surface area contributed by atoms with Crippen molar-refractivity contribution >= 4 is 18.3 Å². The van der Waals surface area contributed by atoms with E-state index in [-0.39, 0.29) is 12.5 Å². The van der Waals surface area contributed by atoms with Gasteiger partial charge in [0.2, 0.25) is 6.49 Å². The van der Waals surface area contributed by atoms with Gasteiger partial charge in [-0.25, -0.2) is 0 Å². The van der Waals surface area contributed by atoms with E-state index in [0.29, 0.717) is 0 Å². The van der Waals surface area contributed by atoms with Gasteiger partial charge in [0.25, 0.3) is 0 Å². The zero-order valence-corrected chi connectivity index (χ0v) is 9.81. The van der Waals surface area contributed by atoms with E-state index in [1.807, 2.05) is 0 Å². The summed E-state index contributed by atoms with van der Waals surface area (Å²) in [6, 6.07) is 0. The van der Waals surface area contributed by atoms with Crippen LogP contribution in [0.1, 0.15) is 32.1 Å². The summed E-state index contributed by atoms with van der Waals surface area (Å²) < 4.78 is 0. The van der Waals surface area contributed by atoms with E-state index < -0.39 is 11.8 Å².